The van der Waals surface area contributed by atoms with Gasteiger partial charge in [-0.25, -0.2) is 9.18 Å². The lowest BCUT2D eigenvalue weighted by molar-refractivity contribution is 0.0474. The lowest BCUT2D eigenvalue weighted by Gasteiger charge is -2.09. The number of hydrogen-bond donors (Lipinski definition) is 1. The van der Waals surface area contributed by atoms with Crippen LogP contribution in [0.3, 0.4) is 0 Å². The fraction of sp³-hybridized carbons (Fsp3) is 0.0952. The minimum Gasteiger partial charge on any atom is -0.496 e. The highest BCUT2D eigenvalue weighted by molar-refractivity contribution is 6.03. The molecule has 1 heterocycles. The number of benzene rings is 2. The number of carbonyl (C=O) groups excluding carboxylic acids is 3. The second-order valence-electron chi connectivity index (χ2n) is 5.85. The van der Waals surface area contributed by atoms with Gasteiger partial charge in [0, 0.05) is 5.69 Å². The summed E-state index contributed by atoms with van der Waals surface area (Å²) in [5.74, 6) is -2.04. The lowest BCUT2D eigenvalue weighted by atomic mass is 10.1. The first kappa shape index (κ1) is 19.8. The highest BCUT2D eigenvalue weighted by atomic mass is 19.1. The van der Waals surface area contributed by atoms with Gasteiger partial charge in [-0.05, 0) is 54.6 Å². The maximum Gasteiger partial charge on any atom is 0.338 e. The lowest BCUT2D eigenvalue weighted by Crippen LogP contribution is -2.15. The number of ketones is 1. The van der Waals surface area contributed by atoms with Gasteiger partial charge in [0.05, 0.1) is 24.5 Å². The number of hydrogen-bond acceptors (Lipinski definition) is 6. The molecular weight excluding hydrogens is 381 g/mol. The molecular formula is C21H16FNO6. The molecule has 0 aliphatic rings. The number of halogens is 1. The second-order valence-corrected chi connectivity index (χ2v) is 5.85. The van der Waals surface area contributed by atoms with Crippen LogP contribution in [-0.2, 0) is 4.74 Å². The van der Waals surface area contributed by atoms with Crippen LogP contribution in [-0.4, -0.2) is 31.4 Å². The highest BCUT2D eigenvalue weighted by Crippen LogP contribution is 2.20. The molecule has 0 spiro atoms. The number of ether oxygens (including phenoxy) is 2. The predicted molar refractivity (Wildman–Crippen MR) is 101 cm³/mol. The Bertz CT molecular complexity index is 1030. The minimum absolute atomic E-state index is 0.0173. The van der Waals surface area contributed by atoms with Gasteiger partial charge in [-0.15, -0.1) is 0 Å². The molecule has 8 heteroatoms. The number of carbonyl (C=O) groups is 3. The molecule has 0 fully saturated rings. The third-order valence-electron chi connectivity index (χ3n) is 3.92. The van der Waals surface area contributed by atoms with Gasteiger partial charge in [-0.1, -0.05) is 0 Å². The molecule has 1 amide bonds. The largest absolute Gasteiger partial charge is 0.496 e. The van der Waals surface area contributed by atoms with Crippen LogP contribution in [0.25, 0.3) is 0 Å². The van der Waals surface area contributed by atoms with E-state index in [1.807, 2.05) is 0 Å². The highest BCUT2D eigenvalue weighted by Gasteiger charge is 2.17. The molecule has 3 aromatic rings. The molecule has 0 saturated heterocycles. The van der Waals surface area contributed by atoms with Crippen LogP contribution in [0.5, 0.6) is 5.75 Å². The molecule has 0 aliphatic carbocycles. The zero-order valence-corrected chi connectivity index (χ0v) is 15.3. The molecule has 0 atom stereocenters. The average molecular weight is 397 g/mol. The third kappa shape index (κ3) is 4.86. The number of methoxy groups -OCH3 is 1. The Hall–Kier alpha value is -3.94. The smallest absolute Gasteiger partial charge is 0.338 e. The first-order valence-electron chi connectivity index (χ1n) is 8.46. The van der Waals surface area contributed by atoms with Crippen molar-refractivity contribution in [1.82, 2.24) is 0 Å². The van der Waals surface area contributed by atoms with E-state index in [1.54, 1.807) is 6.07 Å². The predicted octanol–water partition coefficient (Wildman–Crippen LogP) is 3.72. The minimum atomic E-state index is -0.738. The Kier molecular flexibility index (Phi) is 6.03. The molecule has 3 rings (SSSR count). The van der Waals surface area contributed by atoms with E-state index in [4.69, 9.17) is 13.9 Å². The number of anilines is 1. The standard InChI is InChI=1S/C21H16FNO6/c1-27-18-9-6-14(22)11-16(18)17(24)12-29-21(26)13-4-7-15(8-5-13)23-20(25)19-3-2-10-28-19/h2-11H,12H2,1H3,(H,23,25). The summed E-state index contributed by atoms with van der Waals surface area (Å²) in [5.41, 5.74) is 0.611. The molecule has 29 heavy (non-hydrogen) atoms. The summed E-state index contributed by atoms with van der Waals surface area (Å²) >= 11 is 0. The Labute approximate surface area is 165 Å². The Morgan fingerprint density at radius 2 is 1.83 bits per heavy atom. The number of Topliss-reactive ketones (excluding diaryl/α,β-unsaturated/α-hetero) is 1. The van der Waals surface area contributed by atoms with E-state index >= 15 is 0 Å². The number of furan rings is 1. The van der Waals surface area contributed by atoms with Crippen molar-refractivity contribution in [3.8, 4) is 5.75 Å². The molecule has 148 valence electrons. The van der Waals surface area contributed by atoms with Crippen LogP contribution in [0, 0.1) is 5.82 Å². The van der Waals surface area contributed by atoms with Gasteiger partial charge in [-0.2, -0.15) is 0 Å². The van der Waals surface area contributed by atoms with Gasteiger partial charge in [0.15, 0.2) is 12.4 Å². The summed E-state index contributed by atoms with van der Waals surface area (Å²) in [6.45, 7) is -0.574. The van der Waals surface area contributed by atoms with Crippen molar-refractivity contribution in [3.05, 3.63) is 83.6 Å². The summed E-state index contributed by atoms with van der Waals surface area (Å²) in [7, 11) is 1.35. The van der Waals surface area contributed by atoms with E-state index in [-0.39, 0.29) is 22.6 Å². The zero-order valence-electron chi connectivity index (χ0n) is 15.3. The molecule has 0 aliphatic heterocycles. The quantitative estimate of drug-likeness (QED) is 0.482. The third-order valence-corrected chi connectivity index (χ3v) is 3.92. The summed E-state index contributed by atoms with van der Waals surface area (Å²) in [5, 5.41) is 2.61. The molecule has 1 aromatic heterocycles. The summed E-state index contributed by atoms with van der Waals surface area (Å²) < 4.78 is 28.4. The van der Waals surface area contributed by atoms with E-state index in [1.165, 1.54) is 49.8 Å². The number of nitrogens with one attached hydrogen (secondary N) is 1. The maximum absolute atomic E-state index is 13.4. The van der Waals surface area contributed by atoms with E-state index < -0.39 is 30.1 Å². The Morgan fingerprint density at radius 3 is 2.48 bits per heavy atom. The van der Waals surface area contributed by atoms with Crippen LogP contribution in [0.4, 0.5) is 10.1 Å². The number of rotatable bonds is 7. The fourth-order valence-electron chi connectivity index (χ4n) is 2.48. The van der Waals surface area contributed by atoms with Gasteiger partial charge in [0.25, 0.3) is 5.91 Å². The Balaban J connectivity index is 1.59. The molecule has 2 aromatic carbocycles. The van der Waals surface area contributed by atoms with Crippen molar-refractivity contribution in [1.29, 1.82) is 0 Å². The molecule has 1 N–H and O–H groups in total. The Morgan fingerprint density at radius 1 is 1.07 bits per heavy atom. The van der Waals surface area contributed by atoms with E-state index in [0.29, 0.717) is 5.69 Å². The zero-order chi connectivity index (χ0) is 20.8. The van der Waals surface area contributed by atoms with Gasteiger partial charge in [0.2, 0.25) is 5.78 Å². The summed E-state index contributed by atoms with van der Waals surface area (Å²) in [6, 6.07) is 12.5. The van der Waals surface area contributed by atoms with Gasteiger partial charge >= 0.3 is 5.97 Å². The normalized spacial score (nSPS) is 10.3. The maximum atomic E-state index is 13.4. The van der Waals surface area contributed by atoms with E-state index in [9.17, 15) is 18.8 Å². The molecule has 7 nitrogen and oxygen atoms in total. The van der Waals surface area contributed by atoms with Crippen molar-refractivity contribution in [3.63, 3.8) is 0 Å². The van der Waals surface area contributed by atoms with E-state index in [2.05, 4.69) is 5.32 Å². The number of amides is 1. The fourth-order valence-corrected chi connectivity index (χ4v) is 2.48. The SMILES string of the molecule is COc1ccc(F)cc1C(=O)COC(=O)c1ccc(NC(=O)c2ccco2)cc1. The topological polar surface area (TPSA) is 94.8 Å². The van der Waals surface area contributed by atoms with Crippen LogP contribution < -0.4 is 10.1 Å². The van der Waals surface area contributed by atoms with Gasteiger partial charge in [-0.3, -0.25) is 9.59 Å². The van der Waals surface area contributed by atoms with Crippen molar-refractivity contribution in [2.45, 2.75) is 0 Å². The van der Waals surface area contributed by atoms with Crippen LogP contribution >= 0.6 is 0 Å². The van der Waals surface area contributed by atoms with Crippen LogP contribution in [0.2, 0.25) is 0 Å². The van der Waals surface area contributed by atoms with E-state index in [0.717, 1.165) is 12.1 Å². The second kappa shape index (κ2) is 8.83. The first-order chi connectivity index (χ1) is 14.0. The summed E-state index contributed by atoms with van der Waals surface area (Å²) in [4.78, 5) is 36.3. The van der Waals surface area contributed by atoms with Crippen molar-refractivity contribution < 1.29 is 32.7 Å². The average Bonchev–Trinajstić information content (AvgIpc) is 3.27. The molecule has 0 unspecified atom stereocenters. The van der Waals surface area contributed by atoms with Crippen LogP contribution in [0.1, 0.15) is 31.3 Å². The first-order valence-corrected chi connectivity index (χ1v) is 8.46. The summed E-state index contributed by atoms with van der Waals surface area (Å²) in [6.07, 6.45) is 1.38. The monoisotopic (exact) mass is 397 g/mol. The van der Waals surface area contributed by atoms with Crippen molar-refractivity contribution in [2.24, 2.45) is 0 Å². The van der Waals surface area contributed by atoms with Gasteiger partial charge < -0.3 is 19.2 Å². The number of esters is 1. The molecule has 0 saturated carbocycles. The van der Waals surface area contributed by atoms with Crippen LogP contribution in [0.15, 0.2) is 65.3 Å². The van der Waals surface area contributed by atoms with Crippen molar-refractivity contribution >= 4 is 23.3 Å². The molecule has 0 bridgehead atoms. The van der Waals surface area contributed by atoms with Crippen molar-refractivity contribution in [2.75, 3.05) is 19.0 Å². The molecule has 0 radical (unpaired) electrons. The van der Waals surface area contributed by atoms with Gasteiger partial charge in [0.1, 0.15) is 11.6 Å².